The van der Waals surface area contributed by atoms with Crippen molar-refractivity contribution in [2.45, 2.75) is 19.4 Å². The van der Waals surface area contributed by atoms with Crippen LogP contribution in [0.2, 0.25) is 0 Å². The van der Waals surface area contributed by atoms with Crippen molar-refractivity contribution in [2.75, 3.05) is 13.1 Å². The zero-order chi connectivity index (χ0) is 14.8. The molecule has 0 aliphatic carbocycles. The van der Waals surface area contributed by atoms with Gasteiger partial charge in [0.25, 0.3) is 5.91 Å². The molecule has 2 heterocycles. The molecule has 0 radical (unpaired) electrons. The molecule has 2 aromatic rings. The minimum absolute atomic E-state index is 0.00510. The molecule has 0 spiro atoms. The number of piperidine rings is 1. The van der Waals surface area contributed by atoms with Crippen LogP contribution in [-0.4, -0.2) is 30.1 Å². The number of nitrogens with one attached hydrogen (secondary N) is 1. The van der Waals surface area contributed by atoms with E-state index in [-0.39, 0.29) is 6.10 Å². The van der Waals surface area contributed by atoms with Crippen LogP contribution >= 0.6 is 0 Å². The largest absolute Gasteiger partial charge is 0.472 e. The number of nitrogens with zero attached hydrogens (tertiary/aromatic N) is 1. The van der Waals surface area contributed by atoms with Gasteiger partial charge in [-0.3, -0.25) is 4.79 Å². The van der Waals surface area contributed by atoms with E-state index in [4.69, 9.17) is 10.5 Å². The summed E-state index contributed by atoms with van der Waals surface area (Å²) >= 11 is 0. The number of rotatable bonds is 3. The zero-order valence-electron chi connectivity index (χ0n) is 12.0. The van der Waals surface area contributed by atoms with Crippen LogP contribution in [0.3, 0.4) is 0 Å². The van der Waals surface area contributed by atoms with Crippen molar-refractivity contribution in [3.63, 3.8) is 0 Å². The van der Waals surface area contributed by atoms with Crippen LogP contribution in [0.4, 0.5) is 0 Å². The molecule has 5 heteroatoms. The number of fused-ring (bicyclic) bond motifs is 1. The number of para-hydroxylation sites is 1. The van der Waals surface area contributed by atoms with Crippen molar-refractivity contribution in [1.29, 1.82) is 0 Å². The Balaban J connectivity index is 1.99. The van der Waals surface area contributed by atoms with Crippen LogP contribution in [0, 0.1) is 5.92 Å². The molecule has 1 aliphatic rings. The van der Waals surface area contributed by atoms with Gasteiger partial charge < -0.3 is 15.8 Å². The standard InChI is InChI=1S/C16H19N3O2/c1-10-6-7-18-9-14(10)21-16-12(15(17)20)8-11-4-2-3-5-13(11)19-16/h2-5,8,10,14,18H,6-7,9H2,1H3,(H2,17,20). The molecular weight excluding hydrogens is 266 g/mol. The summed E-state index contributed by atoms with van der Waals surface area (Å²) in [5.41, 5.74) is 6.61. The third-order valence-corrected chi connectivity index (χ3v) is 3.97. The number of benzene rings is 1. The number of hydrogen-bond donors (Lipinski definition) is 2. The molecule has 1 aliphatic heterocycles. The van der Waals surface area contributed by atoms with Crippen molar-refractivity contribution in [1.82, 2.24) is 10.3 Å². The number of pyridine rings is 1. The second-order valence-corrected chi connectivity index (χ2v) is 5.52. The number of aromatic nitrogens is 1. The van der Waals surface area contributed by atoms with Crippen LogP contribution in [0.5, 0.6) is 5.88 Å². The van der Waals surface area contributed by atoms with E-state index < -0.39 is 5.91 Å². The van der Waals surface area contributed by atoms with E-state index >= 15 is 0 Å². The Hall–Kier alpha value is -2.14. The van der Waals surface area contributed by atoms with E-state index in [0.717, 1.165) is 30.4 Å². The molecule has 2 unspecified atom stereocenters. The zero-order valence-corrected chi connectivity index (χ0v) is 12.0. The first-order chi connectivity index (χ1) is 10.1. The summed E-state index contributed by atoms with van der Waals surface area (Å²) in [6, 6.07) is 9.37. The van der Waals surface area contributed by atoms with Gasteiger partial charge in [0.05, 0.1) is 5.52 Å². The lowest BCUT2D eigenvalue weighted by molar-refractivity contribution is 0.0954. The average Bonchev–Trinajstić information content (AvgIpc) is 2.48. The van der Waals surface area contributed by atoms with Gasteiger partial charge in [0, 0.05) is 11.9 Å². The van der Waals surface area contributed by atoms with Crippen LogP contribution in [0.1, 0.15) is 23.7 Å². The van der Waals surface area contributed by atoms with Crippen LogP contribution in [0.15, 0.2) is 30.3 Å². The summed E-state index contributed by atoms with van der Waals surface area (Å²) in [7, 11) is 0. The second kappa shape index (κ2) is 5.69. The molecule has 21 heavy (non-hydrogen) atoms. The monoisotopic (exact) mass is 285 g/mol. The van der Waals surface area contributed by atoms with Crippen LogP contribution in [0.25, 0.3) is 10.9 Å². The summed E-state index contributed by atoms with van der Waals surface area (Å²) in [4.78, 5) is 16.1. The second-order valence-electron chi connectivity index (χ2n) is 5.52. The lowest BCUT2D eigenvalue weighted by Crippen LogP contribution is -2.43. The number of carbonyl (C=O) groups excluding carboxylic acids is 1. The van der Waals surface area contributed by atoms with E-state index in [2.05, 4.69) is 17.2 Å². The predicted octanol–water partition coefficient (Wildman–Crippen LogP) is 1.71. The van der Waals surface area contributed by atoms with E-state index in [1.165, 1.54) is 0 Å². The molecule has 0 saturated carbocycles. The van der Waals surface area contributed by atoms with Gasteiger partial charge in [-0.1, -0.05) is 25.1 Å². The minimum Gasteiger partial charge on any atom is -0.472 e. The summed E-state index contributed by atoms with van der Waals surface area (Å²) < 4.78 is 5.99. The first kappa shape index (κ1) is 13.8. The number of nitrogens with two attached hydrogens (primary N) is 1. The molecule has 3 rings (SSSR count). The van der Waals surface area contributed by atoms with Gasteiger partial charge >= 0.3 is 0 Å². The van der Waals surface area contributed by atoms with Gasteiger partial charge in [0.15, 0.2) is 0 Å². The molecule has 3 N–H and O–H groups in total. The summed E-state index contributed by atoms with van der Waals surface area (Å²) in [6.07, 6.45) is 1.05. The number of primary amides is 1. The van der Waals surface area contributed by atoms with E-state index in [9.17, 15) is 4.79 Å². The van der Waals surface area contributed by atoms with Gasteiger partial charge in [0.1, 0.15) is 11.7 Å². The normalized spacial score (nSPS) is 22.1. The Morgan fingerprint density at radius 3 is 3.00 bits per heavy atom. The molecule has 1 aromatic carbocycles. The maximum atomic E-state index is 11.7. The van der Waals surface area contributed by atoms with E-state index in [1.54, 1.807) is 6.07 Å². The van der Waals surface area contributed by atoms with Crippen molar-refractivity contribution < 1.29 is 9.53 Å². The fraction of sp³-hybridized carbons (Fsp3) is 0.375. The Bertz CT molecular complexity index is 672. The molecule has 110 valence electrons. The number of amides is 1. The van der Waals surface area contributed by atoms with Gasteiger partial charge in [-0.15, -0.1) is 0 Å². The molecule has 1 aromatic heterocycles. The van der Waals surface area contributed by atoms with Gasteiger partial charge in [-0.25, -0.2) is 4.98 Å². The highest BCUT2D eigenvalue weighted by Crippen LogP contribution is 2.25. The molecule has 0 bridgehead atoms. The molecule has 5 nitrogen and oxygen atoms in total. The highest BCUT2D eigenvalue weighted by molar-refractivity contribution is 5.98. The third kappa shape index (κ3) is 2.83. The van der Waals surface area contributed by atoms with Gasteiger partial charge in [-0.05, 0) is 31.0 Å². The lowest BCUT2D eigenvalue weighted by Gasteiger charge is -2.30. The van der Waals surface area contributed by atoms with E-state index in [1.807, 2.05) is 24.3 Å². The molecule has 2 atom stereocenters. The van der Waals surface area contributed by atoms with Gasteiger partial charge in [0.2, 0.25) is 5.88 Å². The average molecular weight is 285 g/mol. The van der Waals surface area contributed by atoms with E-state index in [0.29, 0.717) is 17.4 Å². The smallest absolute Gasteiger partial charge is 0.254 e. The number of hydrogen-bond acceptors (Lipinski definition) is 4. The molecule has 1 fully saturated rings. The van der Waals surface area contributed by atoms with Gasteiger partial charge in [-0.2, -0.15) is 0 Å². The molecular formula is C16H19N3O2. The summed E-state index contributed by atoms with van der Waals surface area (Å²) in [5, 5.41) is 4.19. The van der Waals surface area contributed by atoms with Crippen molar-refractivity contribution in [3.05, 3.63) is 35.9 Å². The maximum absolute atomic E-state index is 11.7. The Labute approximate surface area is 123 Å². The highest BCUT2D eigenvalue weighted by atomic mass is 16.5. The fourth-order valence-corrected chi connectivity index (χ4v) is 2.63. The van der Waals surface area contributed by atoms with Crippen LogP contribution in [-0.2, 0) is 0 Å². The maximum Gasteiger partial charge on any atom is 0.254 e. The highest BCUT2D eigenvalue weighted by Gasteiger charge is 2.25. The topological polar surface area (TPSA) is 77.2 Å². The Morgan fingerprint density at radius 2 is 2.24 bits per heavy atom. The predicted molar refractivity (Wildman–Crippen MR) is 81.3 cm³/mol. The van der Waals surface area contributed by atoms with Crippen molar-refractivity contribution in [2.24, 2.45) is 11.7 Å². The SMILES string of the molecule is CC1CCNCC1Oc1nc2ccccc2cc1C(N)=O. The first-order valence-electron chi connectivity index (χ1n) is 7.22. The third-order valence-electron chi connectivity index (χ3n) is 3.97. The summed E-state index contributed by atoms with van der Waals surface area (Å²) in [5.74, 6) is 0.238. The molecule has 1 saturated heterocycles. The fourth-order valence-electron chi connectivity index (χ4n) is 2.63. The van der Waals surface area contributed by atoms with Crippen molar-refractivity contribution in [3.8, 4) is 5.88 Å². The number of ether oxygens (including phenoxy) is 1. The molecule has 1 amide bonds. The quantitative estimate of drug-likeness (QED) is 0.900. The lowest BCUT2D eigenvalue weighted by atomic mass is 9.97. The van der Waals surface area contributed by atoms with Crippen molar-refractivity contribution >= 4 is 16.8 Å². The van der Waals surface area contributed by atoms with Crippen LogP contribution < -0.4 is 15.8 Å². The minimum atomic E-state index is -0.514. The summed E-state index contributed by atoms with van der Waals surface area (Å²) in [6.45, 7) is 3.90. The Kier molecular flexibility index (Phi) is 3.75. The first-order valence-corrected chi connectivity index (χ1v) is 7.22. The number of carbonyl (C=O) groups is 1. The Morgan fingerprint density at radius 1 is 1.43 bits per heavy atom.